The maximum Gasteiger partial charge on any atom is 0.263 e. The molecule has 1 heterocycles. The fourth-order valence-corrected chi connectivity index (χ4v) is 2.70. The molecule has 3 rings (SSSR count). The number of fused-ring (bicyclic) bond motifs is 1. The number of imidazole rings is 1. The van der Waals surface area contributed by atoms with Crippen molar-refractivity contribution in [2.75, 3.05) is 0 Å². The number of para-hydroxylation sites is 1. The van der Waals surface area contributed by atoms with Crippen molar-refractivity contribution in [2.24, 2.45) is 0 Å². The lowest BCUT2D eigenvalue weighted by atomic mass is 9.95. The van der Waals surface area contributed by atoms with Crippen LogP contribution >= 0.6 is 11.6 Å². The first-order chi connectivity index (χ1) is 10.4. The van der Waals surface area contributed by atoms with Gasteiger partial charge in [-0.15, -0.1) is 0 Å². The molecular formula is C18H17ClN2O. The molecule has 0 unspecified atom stereocenters. The van der Waals surface area contributed by atoms with Gasteiger partial charge in [-0.25, -0.2) is 4.98 Å². The molecule has 0 aliphatic rings. The summed E-state index contributed by atoms with van der Waals surface area (Å²) >= 11 is 6.26. The number of halogens is 1. The summed E-state index contributed by atoms with van der Waals surface area (Å²) in [7, 11) is 0. The van der Waals surface area contributed by atoms with Crippen molar-refractivity contribution >= 4 is 28.5 Å². The molecule has 112 valence electrons. The van der Waals surface area contributed by atoms with Crippen LogP contribution in [0.15, 0.2) is 48.5 Å². The first-order valence-electron chi connectivity index (χ1n) is 7.17. The van der Waals surface area contributed by atoms with Gasteiger partial charge in [-0.1, -0.05) is 56.6 Å². The molecule has 22 heavy (non-hydrogen) atoms. The Bertz CT molecular complexity index is 845. The Hall–Kier alpha value is -2.13. The van der Waals surface area contributed by atoms with Crippen LogP contribution in [-0.4, -0.2) is 15.5 Å². The van der Waals surface area contributed by atoms with Crippen LogP contribution < -0.4 is 0 Å². The number of aromatic nitrogens is 2. The van der Waals surface area contributed by atoms with E-state index in [0.29, 0.717) is 21.9 Å². The Kier molecular flexibility index (Phi) is 3.53. The van der Waals surface area contributed by atoms with Crippen molar-refractivity contribution < 1.29 is 4.79 Å². The van der Waals surface area contributed by atoms with E-state index in [1.165, 1.54) is 0 Å². The van der Waals surface area contributed by atoms with Gasteiger partial charge in [0.1, 0.15) is 11.3 Å². The predicted molar refractivity (Wildman–Crippen MR) is 89.6 cm³/mol. The van der Waals surface area contributed by atoms with E-state index in [9.17, 15) is 4.79 Å². The molecule has 0 saturated heterocycles. The lowest BCUT2D eigenvalue weighted by Crippen LogP contribution is -2.24. The van der Waals surface area contributed by atoms with Crippen molar-refractivity contribution in [3.05, 3.63) is 64.9 Å². The van der Waals surface area contributed by atoms with Crippen LogP contribution in [-0.2, 0) is 5.41 Å². The van der Waals surface area contributed by atoms with Crippen LogP contribution in [0.4, 0.5) is 0 Å². The summed E-state index contributed by atoms with van der Waals surface area (Å²) in [6, 6.07) is 14.7. The van der Waals surface area contributed by atoms with Gasteiger partial charge in [0.25, 0.3) is 5.91 Å². The molecule has 1 aromatic heterocycles. The summed E-state index contributed by atoms with van der Waals surface area (Å²) in [5, 5.41) is 0.558. The minimum Gasteiger partial charge on any atom is -0.268 e. The fourth-order valence-electron chi connectivity index (χ4n) is 2.48. The predicted octanol–water partition coefficient (Wildman–Crippen LogP) is 4.68. The monoisotopic (exact) mass is 312 g/mol. The van der Waals surface area contributed by atoms with Crippen LogP contribution in [0.25, 0.3) is 11.0 Å². The maximum atomic E-state index is 13.0. The van der Waals surface area contributed by atoms with E-state index >= 15 is 0 Å². The van der Waals surface area contributed by atoms with E-state index in [1.54, 1.807) is 10.6 Å². The average molecular weight is 313 g/mol. The summed E-state index contributed by atoms with van der Waals surface area (Å²) in [5.74, 6) is 0.625. The van der Waals surface area contributed by atoms with Gasteiger partial charge in [0.05, 0.1) is 10.5 Å². The van der Waals surface area contributed by atoms with E-state index in [-0.39, 0.29) is 11.3 Å². The summed E-state index contributed by atoms with van der Waals surface area (Å²) in [4.78, 5) is 17.6. The first kappa shape index (κ1) is 14.8. The summed E-state index contributed by atoms with van der Waals surface area (Å²) < 4.78 is 1.68. The second-order valence-electron chi connectivity index (χ2n) is 6.30. The molecule has 0 amide bonds. The number of rotatable bonds is 1. The third kappa shape index (κ3) is 2.42. The van der Waals surface area contributed by atoms with Crippen LogP contribution in [0.5, 0.6) is 0 Å². The average Bonchev–Trinajstić information content (AvgIpc) is 2.88. The summed E-state index contributed by atoms with van der Waals surface area (Å²) in [6.07, 6.45) is 0. The lowest BCUT2D eigenvalue weighted by Gasteiger charge is -2.19. The SMILES string of the molecule is CC(C)(C)c1nc2c(Cl)cccc2n1C(=O)c1ccccc1. The maximum absolute atomic E-state index is 13.0. The third-order valence-corrected chi connectivity index (χ3v) is 3.84. The van der Waals surface area contributed by atoms with Crippen molar-refractivity contribution in [3.63, 3.8) is 0 Å². The highest BCUT2D eigenvalue weighted by atomic mass is 35.5. The van der Waals surface area contributed by atoms with Crippen LogP contribution in [0.1, 0.15) is 37.0 Å². The third-order valence-electron chi connectivity index (χ3n) is 3.53. The number of benzene rings is 2. The second-order valence-corrected chi connectivity index (χ2v) is 6.71. The molecule has 0 fully saturated rings. The van der Waals surface area contributed by atoms with Gasteiger partial charge in [0, 0.05) is 11.0 Å². The molecule has 0 aliphatic carbocycles. The molecule has 0 bridgehead atoms. The number of hydrogen-bond donors (Lipinski definition) is 0. The molecular weight excluding hydrogens is 296 g/mol. The minimum atomic E-state index is -0.271. The van der Waals surface area contributed by atoms with Gasteiger partial charge in [-0.2, -0.15) is 0 Å². The van der Waals surface area contributed by atoms with E-state index in [0.717, 1.165) is 5.52 Å². The van der Waals surface area contributed by atoms with E-state index in [4.69, 9.17) is 11.6 Å². The van der Waals surface area contributed by atoms with Gasteiger partial charge in [-0.05, 0) is 24.3 Å². The molecule has 2 aromatic carbocycles. The van der Waals surface area contributed by atoms with Gasteiger partial charge in [0.15, 0.2) is 0 Å². The van der Waals surface area contributed by atoms with Gasteiger partial charge in [0.2, 0.25) is 0 Å². The first-order valence-corrected chi connectivity index (χ1v) is 7.54. The quantitative estimate of drug-likeness (QED) is 0.654. The molecule has 0 radical (unpaired) electrons. The van der Waals surface area contributed by atoms with Gasteiger partial charge in [-0.3, -0.25) is 9.36 Å². The molecule has 3 nitrogen and oxygen atoms in total. The van der Waals surface area contributed by atoms with E-state index in [2.05, 4.69) is 4.98 Å². The molecule has 3 aromatic rings. The zero-order valence-electron chi connectivity index (χ0n) is 12.8. The highest BCUT2D eigenvalue weighted by Gasteiger charge is 2.27. The smallest absolute Gasteiger partial charge is 0.263 e. The summed E-state index contributed by atoms with van der Waals surface area (Å²) in [5.41, 5.74) is 1.77. The zero-order valence-corrected chi connectivity index (χ0v) is 13.6. The van der Waals surface area contributed by atoms with Crippen molar-refractivity contribution in [1.29, 1.82) is 0 Å². The Balaban J connectivity index is 2.32. The molecule has 0 N–H and O–H groups in total. The largest absolute Gasteiger partial charge is 0.268 e. The van der Waals surface area contributed by atoms with Crippen LogP contribution in [0.2, 0.25) is 5.02 Å². The Morgan fingerprint density at radius 3 is 2.36 bits per heavy atom. The van der Waals surface area contributed by atoms with Crippen molar-refractivity contribution in [1.82, 2.24) is 9.55 Å². The highest BCUT2D eigenvalue weighted by Crippen LogP contribution is 2.30. The normalized spacial score (nSPS) is 11.8. The van der Waals surface area contributed by atoms with Crippen LogP contribution in [0, 0.1) is 0 Å². The molecule has 4 heteroatoms. The summed E-state index contributed by atoms with van der Waals surface area (Å²) in [6.45, 7) is 6.12. The number of carbonyl (C=O) groups excluding carboxylic acids is 1. The van der Waals surface area contributed by atoms with Gasteiger partial charge >= 0.3 is 0 Å². The molecule has 0 aliphatic heterocycles. The number of carbonyl (C=O) groups is 1. The van der Waals surface area contributed by atoms with E-state index in [1.807, 2.05) is 63.2 Å². The van der Waals surface area contributed by atoms with Gasteiger partial charge < -0.3 is 0 Å². The lowest BCUT2D eigenvalue weighted by molar-refractivity contribution is 0.0957. The Labute approximate surface area is 134 Å². The molecule has 0 saturated carbocycles. The van der Waals surface area contributed by atoms with Crippen molar-refractivity contribution in [2.45, 2.75) is 26.2 Å². The number of hydrogen-bond acceptors (Lipinski definition) is 2. The second kappa shape index (κ2) is 5.25. The Morgan fingerprint density at radius 2 is 1.73 bits per heavy atom. The Morgan fingerprint density at radius 1 is 1.05 bits per heavy atom. The standard InChI is InChI=1S/C18H17ClN2O/c1-18(2,3)17-20-15-13(19)10-7-11-14(15)21(17)16(22)12-8-5-4-6-9-12/h4-11H,1-3H3. The number of nitrogens with zero attached hydrogens (tertiary/aromatic N) is 2. The topological polar surface area (TPSA) is 34.9 Å². The van der Waals surface area contributed by atoms with Crippen LogP contribution in [0.3, 0.4) is 0 Å². The molecule has 0 atom stereocenters. The molecule has 0 spiro atoms. The highest BCUT2D eigenvalue weighted by molar-refractivity contribution is 6.35. The van der Waals surface area contributed by atoms with Crippen molar-refractivity contribution in [3.8, 4) is 0 Å². The van der Waals surface area contributed by atoms with E-state index < -0.39 is 0 Å². The minimum absolute atomic E-state index is 0.0877. The fraction of sp³-hybridized carbons (Fsp3) is 0.222. The zero-order chi connectivity index (χ0) is 15.9.